The molecule has 1 aromatic heterocycles. The second kappa shape index (κ2) is 14.5. The summed E-state index contributed by atoms with van der Waals surface area (Å²) in [4.78, 5) is 36.9. The van der Waals surface area contributed by atoms with E-state index in [2.05, 4.69) is 33.9 Å². The number of fused-ring (bicyclic) bond motifs is 1. The Morgan fingerprint density at radius 3 is 2.13 bits per heavy atom. The lowest BCUT2D eigenvalue weighted by atomic mass is 9.75. The fourth-order valence-corrected chi connectivity index (χ4v) is 5.06. The lowest BCUT2D eigenvalue weighted by molar-refractivity contribution is -0.193. The molecule has 2 atom stereocenters. The van der Waals surface area contributed by atoms with Crippen molar-refractivity contribution in [2.75, 3.05) is 39.3 Å². The van der Waals surface area contributed by atoms with Gasteiger partial charge in [-0.3, -0.25) is 14.6 Å². The molecular formula is C23H30F6N2O6S. The molecule has 3 heterocycles. The van der Waals surface area contributed by atoms with Gasteiger partial charge in [0.15, 0.2) is 0 Å². The zero-order valence-corrected chi connectivity index (χ0v) is 21.4. The number of halogens is 6. The monoisotopic (exact) mass is 576 g/mol. The van der Waals surface area contributed by atoms with Gasteiger partial charge in [-0.05, 0) is 37.8 Å². The van der Waals surface area contributed by atoms with Crippen molar-refractivity contribution in [1.82, 2.24) is 9.80 Å². The minimum atomic E-state index is -5.08. The van der Waals surface area contributed by atoms with Crippen LogP contribution in [-0.4, -0.2) is 89.6 Å². The number of rotatable bonds is 6. The van der Waals surface area contributed by atoms with Gasteiger partial charge in [0.1, 0.15) is 0 Å². The average Bonchev–Trinajstić information content (AvgIpc) is 3.38. The normalized spacial score (nSPS) is 22.0. The number of carbonyl (C=O) groups is 3. The van der Waals surface area contributed by atoms with E-state index >= 15 is 0 Å². The summed E-state index contributed by atoms with van der Waals surface area (Å²) in [5.41, 5.74) is -0.330. The number of carboxylic acids is 2. The van der Waals surface area contributed by atoms with Gasteiger partial charge in [-0.2, -0.15) is 26.3 Å². The van der Waals surface area contributed by atoms with Gasteiger partial charge in [-0.15, -0.1) is 17.9 Å². The van der Waals surface area contributed by atoms with Gasteiger partial charge in [-0.25, -0.2) is 9.59 Å². The van der Waals surface area contributed by atoms with E-state index < -0.39 is 24.3 Å². The van der Waals surface area contributed by atoms with E-state index in [4.69, 9.17) is 24.5 Å². The summed E-state index contributed by atoms with van der Waals surface area (Å²) in [5.74, 6) is -5.15. The molecule has 38 heavy (non-hydrogen) atoms. The van der Waals surface area contributed by atoms with E-state index in [-0.39, 0.29) is 11.4 Å². The van der Waals surface area contributed by atoms with Crippen LogP contribution in [0.4, 0.5) is 26.3 Å². The largest absolute Gasteiger partial charge is 0.490 e. The SMILES string of the molecule is C=CCN1C[C@@H]2CN(Cc3cccs3)CCC[C@]2(C(=O)OCC)C1.O=C(O)C(F)(F)F.O=C(O)C(F)(F)F. The predicted octanol–water partition coefficient (Wildman–Crippen LogP) is 4.28. The van der Waals surface area contributed by atoms with Gasteiger partial charge in [0.05, 0.1) is 12.0 Å². The molecule has 0 unspecified atom stereocenters. The lowest BCUT2D eigenvalue weighted by Crippen LogP contribution is -2.42. The summed E-state index contributed by atoms with van der Waals surface area (Å²) in [7, 11) is 0. The molecule has 2 saturated heterocycles. The highest BCUT2D eigenvalue weighted by Gasteiger charge is 2.53. The Morgan fingerprint density at radius 1 is 1.13 bits per heavy atom. The molecule has 3 rings (SSSR count). The van der Waals surface area contributed by atoms with Crippen LogP contribution < -0.4 is 0 Å². The summed E-state index contributed by atoms with van der Waals surface area (Å²) in [6.07, 6.45) is -6.23. The maximum absolute atomic E-state index is 12.8. The van der Waals surface area contributed by atoms with Crippen molar-refractivity contribution in [2.24, 2.45) is 11.3 Å². The van der Waals surface area contributed by atoms with Crippen LogP contribution in [0, 0.1) is 11.3 Å². The van der Waals surface area contributed by atoms with Crippen molar-refractivity contribution in [2.45, 2.75) is 38.7 Å². The molecular weight excluding hydrogens is 546 g/mol. The highest BCUT2D eigenvalue weighted by molar-refractivity contribution is 7.09. The molecule has 0 saturated carbocycles. The molecule has 2 aliphatic rings. The summed E-state index contributed by atoms with van der Waals surface area (Å²) >= 11 is 1.81. The van der Waals surface area contributed by atoms with Crippen molar-refractivity contribution in [3.8, 4) is 0 Å². The van der Waals surface area contributed by atoms with E-state index in [1.165, 1.54) is 4.88 Å². The topological polar surface area (TPSA) is 107 Å². The number of aliphatic carboxylic acids is 2. The number of alkyl halides is 6. The van der Waals surface area contributed by atoms with Gasteiger partial charge in [-0.1, -0.05) is 12.1 Å². The van der Waals surface area contributed by atoms with Crippen LogP contribution in [0.25, 0.3) is 0 Å². The molecule has 1 aromatic rings. The number of likely N-dealkylation sites (tertiary alicyclic amines) is 2. The first-order valence-electron chi connectivity index (χ1n) is 11.4. The summed E-state index contributed by atoms with van der Waals surface area (Å²) in [5, 5.41) is 16.4. The van der Waals surface area contributed by atoms with E-state index in [1.54, 1.807) is 0 Å². The second-order valence-corrected chi connectivity index (χ2v) is 9.61. The number of ether oxygens (including phenoxy) is 1. The molecule has 0 aromatic carbocycles. The van der Waals surface area contributed by atoms with Crippen molar-refractivity contribution in [3.05, 3.63) is 35.0 Å². The van der Waals surface area contributed by atoms with E-state index in [0.717, 1.165) is 52.1 Å². The third-order valence-electron chi connectivity index (χ3n) is 5.86. The van der Waals surface area contributed by atoms with Crippen LogP contribution in [-0.2, 0) is 25.7 Å². The number of nitrogens with zero attached hydrogens (tertiary/aromatic N) is 2. The average molecular weight is 577 g/mol. The van der Waals surface area contributed by atoms with Gasteiger partial charge in [0, 0.05) is 43.5 Å². The van der Waals surface area contributed by atoms with E-state index in [0.29, 0.717) is 12.5 Å². The zero-order chi connectivity index (χ0) is 29.1. The fraction of sp³-hybridized carbons (Fsp3) is 0.609. The molecule has 0 spiro atoms. The van der Waals surface area contributed by atoms with Gasteiger partial charge in [0.25, 0.3) is 0 Å². The minimum Gasteiger partial charge on any atom is -0.475 e. The zero-order valence-electron chi connectivity index (χ0n) is 20.6. The molecule has 8 nitrogen and oxygen atoms in total. The molecule has 15 heteroatoms. The second-order valence-electron chi connectivity index (χ2n) is 8.58. The molecule has 216 valence electrons. The van der Waals surface area contributed by atoms with Crippen LogP contribution >= 0.6 is 11.3 Å². The third kappa shape index (κ3) is 10.3. The highest BCUT2D eigenvalue weighted by atomic mass is 32.1. The summed E-state index contributed by atoms with van der Waals surface area (Å²) < 4.78 is 69.0. The van der Waals surface area contributed by atoms with Crippen molar-refractivity contribution >= 4 is 29.2 Å². The molecule has 0 bridgehead atoms. The minimum absolute atomic E-state index is 0.0135. The first kappa shape index (κ1) is 33.4. The van der Waals surface area contributed by atoms with Crippen molar-refractivity contribution < 1.29 is 55.7 Å². The smallest absolute Gasteiger partial charge is 0.475 e. The molecule has 2 aliphatic heterocycles. The third-order valence-corrected chi connectivity index (χ3v) is 6.72. The number of hydrogen-bond acceptors (Lipinski definition) is 7. The molecule has 0 radical (unpaired) electrons. The Balaban J connectivity index is 0.000000426. The molecule has 2 N–H and O–H groups in total. The van der Waals surface area contributed by atoms with Crippen molar-refractivity contribution in [1.29, 1.82) is 0 Å². The Morgan fingerprint density at radius 2 is 1.68 bits per heavy atom. The maximum atomic E-state index is 12.8. The predicted molar refractivity (Wildman–Crippen MR) is 125 cm³/mol. The quantitative estimate of drug-likeness (QED) is 0.294. The first-order valence-corrected chi connectivity index (χ1v) is 12.3. The number of thiophene rings is 1. The number of carboxylic acid groups (broad SMARTS) is 2. The maximum Gasteiger partial charge on any atom is 0.490 e. The number of carbonyl (C=O) groups excluding carboxylic acids is 1. The molecule has 0 aliphatic carbocycles. The van der Waals surface area contributed by atoms with Crippen LogP contribution in [0.5, 0.6) is 0 Å². The Labute approximate surface area is 219 Å². The Hall–Kier alpha value is -2.65. The number of esters is 1. The molecule has 2 fully saturated rings. The Bertz CT molecular complexity index is 900. The summed E-state index contributed by atoms with van der Waals surface area (Å²) in [6.45, 7) is 11.9. The fourth-order valence-electron chi connectivity index (χ4n) is 4.31. The van der Waals surface area contributed by atoms with Gasteiger partial charge < -0.3 is 14.9 Å². The van der Waals surface area contributed by atoms with Crippen LogP contribution in [0.3, 0.4) is 0 Å². The standard InChI is InChI=1S/C19H28N2O2S.2C2HF3O2/c1-3-9-21-13-16-12-20(14-17-7-5-11-24-17)10-6-8-19(16,15-21)18(22)23-4-2;2*3-2(4,5)1(6)7/h3,5,7,11,16H,1,4,6,8-10,12-15H2,2H3;2*(H,6,7)/t16-,19-;;/m0../s1. The van der Waals surface area contributed by atoms with Crippen LogP contribution in [0.2, 0.25) is 0 Å². The van der Waals surface area contributed by atoms with E-state index in [1.807, 2.05) is 24.3 Å². The highest BCUT2D eigenvalue weighted by Crippen LogP contribution is 2.44. The molecule has 0 amide bonds. The van der Waals surface area contributed by atoms with Crippen LogP contribution in [0.1, 0.15) is 24.6 Å². The first-order chi connectivity index (χ1) is 17.6. The van der Waals surface area contributed by atoms with E-state index in [9.17, 15) is 31.1 Å². The Kier molecular flexibility index (Phi) is 12.7. The number of hydrogen-bond donors (Lipinski definition) is 2. The van der Waals surface area contributed by atoms with Crippen LogP contribution in [0.15, 0.2) is 30.2 Å². The van der Waals surface area contributed by atoms with Gasteiger partial charge in [0.2, 0.25) is 0 Å². The van der Waals surface area contributed by atoms with Gasteiger partial charge >= 0.3 is 30.3 Å². The lowest BCUT2D eigenvalue weighted by Gasteiger charge is -2.31. The van der Waals surface area contributed by atoms with Crippen molar-refractivity contribution in [3.63, 3.8) is 0 Å². The summed E-state index contributed by atoms with van der Waals surface area (Å²) in [6, 6.07) is 4.31.